The molecule has 1 aromatic heterocycles. The molecule has 2 atom stereocenters. The summed E-state index contributed by atoms with van der Waals surface area (Å²) in [7, 11) is 0. The fourth-order valence-electron chi connectivity index (χ4n) is 4.45. The van der Waals surface area contributed by atoms with E-state index in [-0.39, 0.29) is 24.4 Å². The summed E-state index contributed by atoms with van der Waals surface area (Å²) in [5, 5.41) is 5.00. The van der Waals surface area contributed by atoms with Crippen molar-refractivity contribution in [2.24, 2.45) is 0 Å². The number of quaternary nitrogens is 1. The van der Waals surface area contributed by atoms with Crippen LogP contribution in [0.25, 0.3) is 0 Å². The van der Waals surface area contributed by atoms with E-state index in [2.05, 4.69) is 41.0 Å². The quantitative estimate of drug-likeness (QED) is 0.704. The van der Waals surface area contributed by atoms with Crippen molar-refractivity contribution in [1.29, 1.82) is 0 Å². The predicted octanol–water partition coefficient (Wildman–Crippen LogP) is 2.26. The Labute approximate surface area is 173 Å². The highest BCUT2D eigenvalue weighted by Crippen LogP contribution is 2.31. The van der Waals surface area contributed by atoms with Crippen molar-refractivity contribution in [3.8, 4) is 0 Å². The molecule has 0 radical (unpaired) electrons. The number of carbonyl (C=O) groups excluding carboxylic acids is 2. The van der Waals surface area contributed by atoms with Gasteiger partial charge < -0.3 is 10.2 Å². The molecular formula is C23H22N3O2S+. The van der Waals surface area contributed by atoms with Gasteiger partial charge in [0.25, 0.3) is 5.91 Å². The zero-order valence-electron chi connectivity index (χ0n) is 15.9. The first-order valence-electron chi connectivity index (χ1n) is 9.86. The summed E-state index contributed by atoms with van der Waals surface area (Å²) < 4.78 is 0. The summed E-state index contributed by atoms with van der Waals surface area (Å²) in [5.74, 6) is -0.160. The number of thiophene rings is 1. The number of nitrogens with zero attached hydrogens (tertiary/aromatic N) is 1. The van der Waals surface area contributed by atoms with Gasteiger partial charge in [-0.25, -0.2) is 0 Å². The monoisotopic (exact) mass is 404 g/mol. The van der Waals surface area contributed by atoms with Gasteiger partial charge >= 0.3 is 0 Å². The Morgan fingerprint density at radius 2 is 1.90 bits per heavy atom. The normalized spacial score (nSPS) is 20.6. The van der Waals surface area contributed by atoms with Gasteiger partial charge in [-0.2, -0.15) is 0 Å². The van der Waals surface area contributed by atoms with Crippen LogP contribution in [0.1, 0.15) is 22.0 Å². The fourth-order valence-corrected chi connectivity index (χ4v) is 5.37. The second-order valence-corrected chi connectivity index (χ2v) is 8.52. The molecule has 0 bridgehead atoms. The van der Waals surface area contributed by atoms with Crippen LogP contribution in [0, 0.1) is 0 Å². The highest BCUT2D eigenvalue weighted by Gasteiger charge is 2.36. The highest BCUT2D eigenvalue weighted by atomic mass is 32.1. The van der Waals surface area contributed by atoms with Crippen molar-refractivity contribution in [2.75, 3.05) is 29.9 Å². The molecule has 1 unspecified atom stereocenters. The average Bonchev–Trinajstić information content (AvgIpc) is 3.22. The third-order valence-corrected chi connectivity index (χ3v) is 6.75. The number of para-hydroxylation sites is 2. The van der Waals surface area contributed by atoms with E-state index < -0.39 is 0 Å². The maximum atomic E-state index is 13.3. The van der Waals surface area contributed by atoms with Crippen molar-refractivity contribution in [3.05, 3.63) is 82.0 Å². The predicted molar refractivity (Wildman–Crippen MR) is 114 cm³/mol. The van der Waals surface area contributed by atoms with E-state index in [1.54, 1.807) is 16.2 Å². The average molecular weight is 405 g/mol. The van der Waals surface area contributed by atoms with Crippen molar-refractivity contribution < 1.29 is 14.5 Å². The van der Waals surface area contributed by atoms with Crippen LogP contribution in [0.5, 0.6) is 0 Å². The molecule has 2 aliphatic heterocycles. The summed E-state index contributed by atoms with van der Waals surface area (Å²) in [5.41, 5.74) is 4.03. The molecule has 0 saturated carbocycles. The minimum absolute atomic E-state index is 0.0121. The van der Waals surface area contributed by atoms with Gasteiger partial charge in [-0.1, -0.05) is 42.5 Å². The van der Waals surface area contributed by atoms with E-state index in [0.717, 1.165) is 18.7 Å². The van der Waals surface area contributed by atoms with Gasteiger partial charge in [0.05, 0.1) is 17.9 Å². The molecule has 6 heteroatoms. The van der Waals surface area contributed by atoms with Gasteiger partial charge in [-0.3, -0.25) is 14.5 Å². The molecule has 5 nitrogen and oxygen atoms in total. The Kier molecular flexibility index (Phi) is 4.66. The first-order chi connectivity index (χ1) is 14.2. The first-order valence-corrected chi connectivity index (χ1v) is 10.7. The number of hydrogen-bond donors (Lipinski definition) is 2. The lowest BCUT2D eigenvalue weighted by Gasteiger charge is -2.35. The lowest BCUT2D eigenvalue weighted by Crippen LogP contribution is -3.14. The topological polar surface area (TPSA) is 53.9 Å². The molecule has 2 amide bonds. The van der Waals surface area contributed by atoms with E-state index in [4.69, 9.17) is 0 Å². The molecule has 2 aromatic carbocycles. The second kappa shape index (κ2) is 7.46. The SMILES string of the molecule is O=C1CN(C(=O)C[NH+]2CCc3sccc3[C@H]2c2ccccc2)c2ccccc2N1. The molecule has 3 aromatic rings. The van der Waals surface area contributed by atoms with Crippen molar-refractivity contribution in [1.82, 2.24) is 0 Å². The van der Waals surface area contributed by atoms with Crippen LogP contribution >= 0.6 is 11.3 Å². The van der Waals surface area contributed by atoms with Crippen LogP contribution in [0.4, 0.5) is 11.4 Å². The van der Waals surface area contributed by atoms with Crippen LogP contribution in [0.3, 0.4) is 0 Å². The van der Waals surface area contributed by atoms with Crippen LogP contribution in [0.15, 0.2) is 66.0 Å². The molecule has 0 spiro atoms. The van der Waals surface area contributed by atoms with Gasteiger partial charge in [0.15, 0.2) is 6.54 Å². The Bertz CT molecular complexity index is 1060. The van der Waals surface area contributed by atoms with Crippen LogP contribution in [-0.2, 0) is 16.0 Å². The maximum Gasteiger partial charge on any atom is 0.282 e. The number of amides is 2. The summed E-state index contributed by atoms with van der Waals surface area (Å²) in [6.07, 6.45) is 0.982. The molecule has 0 aliphatic carbocycles. The molecule has 2 aliphatic rings. The smallest absolute Gasteiger partial charge is 0.282 e. The molecule has 3 heterocycles. The van der Waals surface area contributed by atoms with Crippen LogP contribution < -0.4 is 15.1 Å². The van der Waals surface area contributed by atoms with E-state index in [1.165, 1.54) is 20.9 Å². The Balaban J connectivity index is 1.45. The molecular weight excluding hydrogens is 382 g/mol. The molecule has 0 saturated heterocycles. The largest absolute Gasteiger partial charge is 0.323 e. The summed E-state index contributed by atoms with van der Waals surface area (Å²) in [6, 6.07) is 20.3. The number of anilines is 2. The summed E-state index contributed by atoms with van der Waals surface area (Å²) in [4.78, 5) is 29.7. The lowest BCUT2D eigenvalue weighted by molar-refractivity contribution is -0.919. The third kappa shape index (κ3) is 3.34. The second-order valence-electron chi connectivity index (χ2n) is 7.52. The minimum atomic E-state index is -0.148. The number of carbonyl (C=O) groups is 2. The highest BCUT2D eigenvalue weighted by molar-refractivity contribution is 7.10. The lowest BCUT2D eigenvalue weighted by atomic mass is 9.93. The standard InChI is InChI=1S/C23H21N3O2S/c27-21-14-26(19-9-5-4-8-18(19)24-21)22(28)15-25-12-10-20-17(11-13-29-20)23(25)16-6-2-1-3-7-16/h1-9,11,13,23H,10,12,14-15H2,(H,24,27)/p+1/t23-/m1/s1. The number of fused-ring (bicyclic) bond motifs is 2. The van der Waals surface area contributed by atoms with Crippen molar-refractivity contribution >= 4 is 34.5 Å². The summed E-state index contributed by atoms with van der Waals surface area (Å²) in [6.45, 7) is 1.33. The van der Waals surface area contributed by atoms with E-state index in [0.29, 0.717) is 12.2 Å². The number of hydrogen-bond acceptors (Lipinski definition) is 3. The first kappa shape index (κ1) is 18.1. The Morgan fingerprint density at radius 3 is 2.76 bits per heavy atom. The molecule has 0 fully saturated rings. The number of nitrogens with one attached hydrogen (secondary N) is 2. The zero-order chi connectivity index (χ0) is 19.8. The number of rotatable bonds is 3. The van der Waals surface area contributed by atoms with E-state index in [9.17, 15) is 9.59 Å². The van der Waals surface area contributed by atoms with Crippen molar-refractivity contribution in [2.45, 2.75) is 12.5 Å². The minimum Gasteiger partial charge on any atom is -0.323 e. The van der Waals surface area contributed by atoms with E-state index >= 15 is 0 Å². The fraction of sp³-hybridized carbons (Fsp3) is 0.217. The van der Waals surface area contributed by atoms with Gasteiger partial charge in [-0.15, -0.1) is 11.3 Å². The van der Waals surface area contributed by atoms with Crippen molar-refractivity contribution in [3.63, 3.8) is 0 Å². The molecule has 146 valence electrons. The van der Waals surface area contributed by atoms with Crippen LogP contribution in [0.2, 0.25) is 0 Å². The maximum absolute atomic E-state index is 13.3. The molecule has 5 rings (SSSR count). The molecule has 2 N–H and O–H groups in total. The van der Waals surface area contributed by atoms with Gasteiger partial charge in [0.2, 0.25) is 5.91 Å². The van der Waals surface area contributed by atoms with Gasteiger partial charge in [-0.05, 0) is 23.6 Å². The number of benzene rings is 2. The summed E-state index contributed by atoms with van der Waals surface area (Å²) >= 11 is 1.80. The van der Waals surface area contributed by atoms with Crippen LogP contribution in [-0.4, -0.2) is 31.4 Å². The van der Waals surface area contributed by atoms with Gasteiger partial charge in [0.1, 0.15) is 12.6 Å². The Hall–Kier alpha value is -2.96. The van der Waals surface area contributed by atoms with Gasteiger partial charge in [0, 0.05) is 22.4 Å². The Morgan fingerprint density at radius 1 is 1.10 bits per heavy atom. The third-order valence-electron chi connectivity index (χ3n) is 5.76. The molecule has 29 heavy (non-hydrogen) atoms. The van der Waals surface area contributed by atoms with E-state index in [1.807, 2.05) is 30.3 Å². The zero-order valence-corrected chi connectivity index (χ0v) is 16.7.